The maximum absolute atomic E-state index is 5.20. The lowest BCUT2D eigenvalue weighted by atomic mass is 10.1. The standard InChI is InChI=1S/C11H17N3/c1-6-7-12-8(2)11-9(3)13-14(5)10(11)4/h1,8,12H,7H2,2-5H3. The summed E-state index contributed by atoms with van der Waals surface area (Å²) in [6.45, 7) is 6.79. The van der Waals surface area contributed by atoms with Gasteiger partial charge in [-0.3, -0.25) is 10.00 Å². The van der Waals surface area contributed by atoms with Gasteiger partial charge in [0.1, 0.15) is 0 Å². The number of nitrogens with one attached hydrogen (secondary N) is 1. The number of aromatic nitrogens is 2. The number of hydrogen-bond acceptors (Lipinski definition) is 2. The van der Waals surface area contributed by atoms with Gasteiger partial charge in [-0.15, -0.1) is 6.42 Å². The molecule has 1 aromatic rings. The predicted octanol–water partition coefficient (Wildman–Crippen LogP) is 1.32. The van der Waals surface area contributed by atoms with Crippen molar-refractivity contribution in [3.05, 3.63) is 17.0 Å². The zero-order chi connectivity index (χ0) is 10.7. The van der Waals surface area contributed by atoms with Crippen molar-refractivity contribution in [1.29, 1.82) is 0 Å². The summed E-state index contributed by atoms with van der Waals surface area (Å²) in [6.07, 6.45) is 5.20. The molecule has 1 unspecified atom stereocenters. The maximum Gasteiger partial charge on any atom is 0.0644 e. The molecule has 0 aliphatic carbocycles. The quantitative estimate of drug-likeness (QED) is 0.730. The molecule has 1 heterocycles. The Hall–Kier alpha value is -1.27. The normalized spacial score (nSPS) is 12.5. The van der Waals surface area contributed by atoms with Crippen LogP contribution >= 0.6 is 0 Å². The van der Waals surface area contributed by atoms with Gasteiger partial charge in [-0.2, -0.15) is 5.10 Å². The first-order chi connectivity index (χ1) is 6.57. The molecule has 0 aliphatic heterocycles. The van der Waals surface area contributed by atoms with Crippen molar-refractivity contribution in [3.63, 3.8) is 0 Å². The minimum atomic E-state index is 0.264. The van der Waals surface area contributed by atoms with Gasteiger partial charge in [0.25, 0.3) is 0 Å². The second-order valence-corrected chi connectivity index (χ2v) is 3.51. The third-order valence-corrected chi connectivity index (χ3v) is 2.51. The van der Waals surface area contributed by atoms with Crippen molar-refractivity contribution in [2.75, 3.05) is 6.54 Å². The van der Waals surface area contributed by atoms with E-state index < -0.39 is 0 Å². The van der Waals surface area contributed by atoms with Crippen LogP contribution in [-0.2, 0) is 7.05 Å². The maximum atomic E-state index is 5.20. The van der Waals surface area contributed by atoms with Gasteiger partial charge in [0.2, 0.25) is 0 Å². The van der Waals surface area contributed by atoms with E-state index in [0.29, 0.717) is 6.54 Å². The number of hydrogen-bond donors (Lipinski definition) is 1. The molecule has 14 heavy (non-hydrogen) atoms. The van der Waals surface area contributed by atoms with Gasteiger partial charge in [-0.05, 0) is 20.8 Å². The summed E-state index contributed by atoms with van der Waals surface area (Å²) in [5, 5.41) is 7.62. The van der Waals surface area contributed by atoms with Crippen molar-refractivity contribution in [2.45, 2.75) is 26.8 Å². The molecule has 0 aliphatic rings. The highest BCUT2D eigenvalue weighted by Crippen LogP contribution is 2.19. The Bertz CT molecular complexity index is 357. The molecule has 0 bridgehead atoms. The lowest BCUT2D eigenvalue weighted by molar-refractivity contribution is 0.615. The van der Waals surface area contributed by atoms with E-state index in [9.17, 15) is 0 Å². The van der Waals surface area contributed by atoms with E-state index in [1.54, 1.807) is 0 Å². The van der Waals surface area contributed by atoms with Crippen LogP contribution < -0.4 is 5.32 Å². The Morgan fingerprint density at radius 1 is 1.57 bits per heavy atom. The molecule has 3 nitrogen and oxygen atoms in total. The van der Waals surface area contributed by atoms with Gasteiger partial charge in [0.05, 0.1) is 12.2 Å². The molecule has 0 aromatic carbocycles. The highest BCUT2D eigenvalue weighted by atomic mass is 15.3. The van der Waals surface area contributed by atoms with E-state index in [1.807, 2.05) is 18.7 Å². The zero-order valence-corrected chi connectivity index (χ0v) is 9.26. The van der Waals surface area contributed by atoms with Crippen LogP contribution in [0, 0.1) is 26.2 Å². The Morgan fingerprint density at radius 3 is 2.64 bits per heavy atom. The van der Waals surface area contributed by atoms with Crippen molar-refractivity contribution < 1.29 is 0 Å². The van der Waals surface area contributed by atoms with Crippen LogP contribution in [0.4, 0.5) is 0 Å². The van der Waals surface area contributed by atoms with Crippen LogP contribution in [0.1, 0.15) is 29.9 Å². The SMILES string of the molecule is C#CCNC(C)c1c(C)nn(C)c1C. The molecule has 0 saturated heterocycles. The molecular formula is C11H17N3. The molecule has 1 N–H and O–H groups in total. The topological polar surface area (TPSA) is 29.9 Å². The van der Waals surface area contributed by atoms with Crippen molar-refractivity contribution in [3.8, 4) is 12.3 Å². The largest absolute Gasteiger partial charge is 0.299 e. The molecule has 0 radical (unpaired) electrons. The molecule has 0 saturated carbocycles. The van der Waals surface area contributed by atoms with E-state index in [2.05, 4.69) is 30.2 Å². The summed E-state index contributed by atoms with van der Waals surface area (Å²) in [6, 6.07) is 0.264. The number of nitrogens with zero attached hydrogens (tertiary/aromatic N) is 2. The smallest absolute Gasteiger partial charge is 0.0644 e. The van der Waals surface area contributed by atoms with E-state index in [4.69, 9.17) is 6.42 Å². The van der Waals surface area contributed by atoms with Crippen molar-refractivity contribution in [1.82, 2.24) is 15.1 Å². The summed E-state index contributed by atoms with van der Waals surface area (Å²) < 4.78 is 1.90. The van der Waals surface area contributed by atoms with E-state index in [1.165, 1.54) is 11.3 Å². The average molecular weight is 191 g/mol. The predicted molar refractivity (Wildman–Crippen MR) is 57.9 cm³/mol. The highest BCUT2D eigenvalue weighted by Gasteiger charge is 2.14. The fraction of sp³-hybridized carbons (Fsp3) is 0.545. The minimum absolute atomic E-state index is 0.264. The van der Waals surface area contributed by atoms with E-state index in [-0.39, 0.29) is 6.04 Å². The van der Waals surface area contributed by atoms with Crippen LogP contribution in [-0.4, -0.2) is 16.3 Å². The molecule has 1 atom stereocenters. The molecule has 1 rings (SSSR count). The second kappa shape index (κ2) is 4.30. The van der Waals surface area contributed by atoms with Crippen LogP contribution in [0.5, 0.6) is 0 Å². The summed E-state index contributed by atoms with van der Waals surface area (Å²) in [5.41, 5.74) is 3.52. The van der Waals surface area contributed by atoms with E-state index in [0.717, 1.165) is 5.69 Å². The fourth-order valence-corrected chi connectivity index (χ4v) is 1.73. The molecule has 3 heteroatoms. The van der Waals surface area contributed by atoms with Crippen LogP contribution in [0.3, 0.4) is 0 Å². The van der Waals surface area contributed by atoms with Crippen molar-refractivity contribution in [2.24, 2.45) is 7.05 Å². The van der Waals surface area contributed by atoms with Crippen molar-refractivity contribution >= 4 is 0 Å². The Morgan fingerprint density at radius 2 is 2.21 bits per heavy atom. The lowest BCUT2D eigenvalue weighted by Gasteiger charge is -2.12. The first-order valence-electron chi connectivity index (χ1n) is 4.74. The summed E-state index contributed by atoms with van der Waals surface area (Å²) >= 11 is 0. The van der Waals surface area contributed by atoms with Crippen LogP contribution in [0.2, 0.25) is 0 Å². The number of rotatable bonds is 3. The summed E-state index contributed by atoms with van der Waals surface area (Å²) in [5.74, 6) is 2.58. The minimum Gasteiger partial charge on any atom is -0.299 e. The summed E-state index contributed by atoms with van der Waals surface area (Å²) in [7, 11) is 1.96. The average Bonchev–Trinajstić information content (AvgIpc) is 2.38. The zero-order valence-electron chi connectivity index (χ0n) is 9.26. The van der Waals surface area contributed by atoms with Gasteiger partial charge in [0, 0.05) is 24.3 Å². The Labute approximate surface area is 85.5 Å². The number of aryl methyl sites for hydroxylation is 2. The van der Waals surface area contributed by atoms with Crippen LogP contribution in [0.15, 0.2) is 0 Å². The Balaban J connectivity index is 2.89. The summed E-state index contributed by atoms with van der Waals surface area (Å²) in [4.78, 5) is 0. The first kappa shape index (κ1) is 10.8. The molecule has 1 aromatic heterocycles. The molecule has 0 fully saturated rings. The van der Waals surface area contributed by atoms with Gasteiger partial charge in [0.15, 0.2) is 0 Å². The van der Waals surface area contributed by atoms with Gasteiger partial charge < -0.3 is 0 Å². The second-order valence-electron chi connectivity index (χ2n) is 3.51. The third kappa shape index (κ3) is 1.97. The lowest BCUT2D eigenvalue weighted by Crippen LogP contribution is -2.19. The van der Waals surface area contributed by atoms with Gasteiger partial charge in [-0.25, -0.2) is 0 Å². The fourth-order valence-electron chi connectivity index (χ4n) is 1.73. The highest BCUT2D eigenvalue weighted by molar-refractivity contribution is 5.27. The molecule has 0 spiro atoms. The first-order valence-corrected chi connectivity index (χ1v) is 4.74. The van der Waals surface area contributed by atoms with Gasteiger partial charge >= 0.3 is 0 Å². The van der Waals surface area contributed by atoms with E-state index >= 15 is 0 Å². The third-order valence-electron chi connectivity index (χ3n) is 2.51. The number of terminal acetylenes is 1. The molecular weight excluding hydrogens is 174 g/mol. The monoisotopic (exact) mass is 191 g/mol. The van der Waals surface area contributed by atoms with Crippen LogP contribution in [0.25, 0.3) is 0 Å². The molecule has 0 amide bonds. The Kier molecular flexibility index (Phi) is 3.32. The van der Waals surface area contributed by atoms with Gasteiger partial charge in [-0.1, -0.05) is 5.92 Å². The molecule has 76 valence electrons.